The van der Waals surface area contributed by atoms with Crippen LogP contribution >= 0.6 is 0 Å². The van der Waals surface area contributed by atoms with E-state index in [9.17, 15) is 8.78 Å². The molecule has 5 heteroatoms. The Morgan fingerprint density at radius 3 is 2.46 bits per heavy atom. The largest absolute Gasteiger partial charge is 0.351 e. The van der Waals surface area contributed by atoms with Crippen molar-refractivity contribution in [3.63, 3.8) is 0 Å². The van der Waals surface area contributed by atoms with Crippen molar-refractivity contribution < 1.29 is 8.78 Å². The van der Waals surface area contributed by atoms with Gasteiger partial charge in [0.2, 0.25) is 5.95 Å². The van der Waals surface area contributed by atoms with Gasteiger partial charge in [0.15, 0.2) is 0 Å². The van der Waals surface area contributed by atoms with Gasteiger partial charge in [0, 0.05) is 31.3 Å². The molecule has 0 bridgehead atoms. The summed E-state index contributed by atoms with van der Waals surface area (Å²) in [4.78, 5) is 7.76. The second-order valence-electron chi connectivity index (χ2n) is 3.18. The number of hydrogen-bond acceptors (Lipinski definition) is 3. The molecule has 0 unspecified atom stereocenters. The van der Waals surface area contributed by atoms with Gasteiger partial charge >= 0.3 is 0 Å². The summed E-state index contributed by atoms with van der Waals surface area (Å²) in [5, 5.41) is 2.83. The molecular formula is C8H9F2N3. The van der Waals surface area contributed by atoms with Gasteiger partial charge in [0.05, 0.1) is 0 Å². The monoisotopic (exact) mass is 185 g/mol. The first-order valence-corrected chi connectivity index (χ1v) is 4.07. The van der Waals surface area contributed by atoms with Gasteiger partial charge in [-0.2, -0.15) is 0 Å². The van der Waals surface area contributed by atoms with E-state index in [1.165, 1.54) is 0 Å². The molecule has 0 aliphatic heterocycles. The predicted octanol–water partition coefficient (Wildman–Crippen LogP) is 1.69. The lowest BCUT2D eigenvalue weighted by Crippen LogP contribution is -2.44. The third-order valence-corrected chi connectivity index (χ3v) is 1.99. The van der Waals surface area contributed by atoms with Crippen molar-refractivity contribution >= 4 is 5.95 Å². The first-order valence-electron chi connectivity index (χ1n) is 4.07. The quantitative estimate of drug-likeness (QED) is 0.761. The van der Waals surface area contributed by atoms with E-state index in [0.717, 1.165) is 0 Å². The van der Waals surface area contributed by atoms with E-state index in [1.807, 2.05) is 0 Å². The minimum Gasteiger partial charge on any atom is -0.351 e. The third-order valence-electron chi connectivity index (χ3n) is 1.99. The average molecular weight is 185 g/mol. The Balaban J connectivity index is 1.88. The molecule has 2 rings (SSSR count). The van der Waals surface area contributed by atoms with Gasteiger partial charge in [0.1, 0.15) is 0 Å². The molecule has 1 aliphatic rings. The molecule has 1 aliphatic carbocycles. The van der Waals surface area contributed by atoms with Crippen molar-refractivity contribution in [1.29, 1.82) is 0 Å². The number of halogens is 2. The number of aromatic nitrogens is 2. The van der Waals surface area contributed by atoms with Crippen LogP contribution in [0.2, 0.25) is 0 Å². The SMILES string of the molecule is FC1(F)CC(Nc2ncccn2)C1. The molecule has 1 N–H and O–H groups in total. The summed E-state index contributed by atoms with van der Waals surface area (Å²) in [6.07, 6.45) is 2.91. The normalized spacial score (nSPS) is 20.8. The summed E-state index contributed by atoms with van der Waals surface area (Å²) in [6.45, 7) is 0. The summed E-state index contributed by atoms with van der Waals surface area (Å²) in [6, 6.07) is 1.50. The van der Waals surface area contributed by atoms with Gasteiger partial charge in [-0.15, -0.1) is 0 Å². The molecule has 0 aromatic carbocycles. The Bertz CT molecular complexity index is 281. The molecule has 0 spiro atoms. The van der Waals surface area contributed by atoms with E-state index in [0.29, 0.717) is 5.95 Å². The van der Waals surface area contributed by atoms with Crippen LogP contribution in [0.25, 0.3) is 0 Å². The molecule has 1 fully saturated rings. The second kappa shape index (κ2) is 2.90. The summed E-state index contributed by atoms with van der Waals surface area (Å²) in [5.41, 5.74) is 0. The van der Waals surface area contributed by atoms with Gasteiger partial charge in [0.25, 0.3) is 5.92 Å². The molecule has 0 atom stereocenters. The molecule has 0 saturated heterocycles. The third kappa shape index (κ3) is 1.91. The molecule has 3 nitrogen and oxygen atoms in total. The highest BCUT2D eigenvalue weighted by atomic mass is 19.3. The lowest BCUT2D eigenvalue weighted by Gasteiger charge is -2.35. The first-order chi connectivity index (χ1) is 6.16. The van der Waals surface area contributed by atoms with Crippen LogP contribution in [0.3, 0.4) is 0 Å². The van der Waals surface area contributed by atoms with Crippen LogP contribution in [0.1, 0.15) is 12.8 Å². The molecule has 1 heterocycles. The van der Waals surface area contributed by atoms with Gasteiger partial charge in [-0.05, 0) is 6.07 Å². The molecule has 13 heavy (non-hydrogen) atoms. The van der Waals surface area contributed by atoms with Crippen LogP contribution < -0.4 is 5.32 Å². The number of anilines is 1. The topological polar surface area (TPSA) is 37.8 Å². The molecular weight excluding hydrogens is 176 g/mol. The van der Waals surface area contributed by atoms with Crippen LogP contribution in [0.4, 0.5) is 14.7 Å². The van der Waals surface area contributed by atoms with Crippen LogP contribution in [-0.4, -0.2) is 21.9 Å². The number of rotatable bonds is 2. The number of hydrogen-bond donors (Lipinski definition) is 1. The van der Waals surface area contributed by atoms with Crippen molar-refractivity contribution in [2.45, 2.75) is 24.8 Å². The van der Waals surface area contributed by atoms with Crippen molar-refractivity contribution in [2.24, 2.45) is 0 Å². The van der Waals surface area contributed by atoms with E-state index < -0.39 is 5.92 Å². The van der Waals surface area contributed by atoms with Gasteiger partial charge in [-0.25, -0.2) is 18.7 Å². The highest BCUT2D eigenvalue weighted by molar-refractivity contribution is 5.26. The second-order valence-corrected chi connectivity index (χ2v) is 3.18. The summed E-state index contributed by atoms with van der Waals surface area (Å²) >= 11 is 0. The van der Waals surface area contributed by atoms with Crippen molar-refractivity contribution in [2.75, 3.05) is 5.32 Å². The predicted molar refractivity (Wildman–Crippen MR) is 43.6 cm³/mol. The van der Waals surface area contributed by atoms with E-state index in [4.69, 9.17) is 0 Å². The van der Waals surface area contributed by atoms with Crippen LogP contribution in [-0.2, 0) is 0 Å². The Labute approximate surface area is 74.2 Å². The first kappa shape index (κ1) is 8.34. The van der Waals surface area contributed by atoms with Gasteiger partial charge in [-0.3, -0.25) is 0 Å². The molecule has 1 saturated carbocycles. The summed E-state index contributed by atoms with van der Waals surface area (Å²) < 4.78 is 24.8. The number of nitrogens with one attached hydrogen (secondary N) is 1. The van der Waals surface area contributed by atoms with Crippen LogP contribution in [0.15, 0.2) is 18.5 Å². The fourth-order valence-corrected chi connectivity index (χ4v) is 1.32. The minimum atomic E-state index is -2.49. The maximum atomic E-state index is 12.4. The highest BCUT2D eigenvalue weighted by Crippen LogP contribution is 2.38. The van der Waals surface area contributed by atoms with Gasteiger partial charge in [-0.1, -0.05) is 0 Å². The Kier molecular flexibility index (Phi) is 1.86. The fourth-order valence-electron chi connectivity index (χ4n) is 1.32. The molecule has 70 valence electrons. The zero-order valence-electron chi connectivity index (χ0n) is 6.87. The summed E-state index contributed by atoms with van der Waals surface area (Å²) in [7, 11) is 0. The molecule has 0 amide bonds. The average Bonchev–Trinajstić information content (AvgIpc) is 2.03. The lowest BCUT2D eigenvalue weighted by atomic mass is 9.88. The maximum Gasteiger partial charge on any atom is 0.252 e. The number of alkyl halides is 2. The fraction of sp³-hybridized carbons (Fsp3) is 0.500. The van der Waals surface area contributed by atoms with Gasteiger partial charge < -0.3 is 5.32 Å². The van der Waals surface area contributed by atoms with E-state index in [-0.39, 0.29) is 18.9 Å². The van der Waals surface area contributed by atoms with Crippen LogP contribution in [0.5, 0.6) is 0 Å². The summed E-state index contributed by atoms with van der Waals surface area (Å²) in [5.74, 6) is -2.07. The van der Waals surface area contributed by atoms with Crippen molar-refractivity contribution in [3.05, 3.63) is 18.5 Å². The van der Waals surface area contributed by atoms with Crippen LogP contribution in [0, 0.1) is 0 Å². The van der Waals surface area contributed by atoms with E-state index >= 15 is 0 Å². The van der Waals surface area contributed by atoms with Crippen molar-refractivity contribution in [1.82, 2.24) is 9.97 Å². The zero-order chi connectivity index (χ0) is 9.31. The zero-order valence-corrected chi connectivity index (χ0v) is 6.87. The van der Waals surface area contributed by atoms with E-state index in [1.54, 1.807) is 18.5 Å². The molecule has 1 aromatic heterocycles. The lowest BCUT2D eigenvalue weighted by molar-refractivity contribution is -0.0794. The molecule has 1 aromatic rings. The Morgan fingerprint density at radius 1 is 1.31 bits per heavy atom. The molecule has 0 radical (unpaired) electrons. The minimum absolute atomic E-state index is 0.120. The van der Waals surface area contributed by atoms with E-state index in [2.05, 4.69) is 15.3 Å². The number of nitrogens with zero attached hydrogens (tertiary/aromatic N) is 2. The standard InChI is InChI=1S/C8H9F2N3/c9-8(10)4-6(5-8)13-7-11-2-1-3-12-7/h1-3,6H,4-5H2,(H,11,12,13). The highest BCUT2D eigenvalue weighted by Gasteiger charge is 2.45. The maximum absolute atomic E-state index is 12.4. The smallest absolute Gasteiger partial charge is 0.252 e. The Morgan fingerprint density at radius 2 is 1.92 bits per heavy atom. The van der Waals surface area contributed by atoms with Crippen molar-refractivity contribution in [3.8, 4) is 0 Å². The Hall–Kier alpha value is -1.26.